The molecule has 0 bridgehead atoms. The van der Waals surface area contributed by atoms with Crippen LogP contribution in [-0.4, -0.2) is 58.7 Å². The normalized spacial score (nSPS) is 24.7. The summed E-state index contributed by atoms with van der Waals surface area (Å²) in [6, 6.07) is 1.79. The molecule has 0 saturated carbocycles. The van der Waals surface area contributed by atoms with Crippen molar-refractivity contribution < 1.29 is 4.79 Å². The first-order valence-corrected chi connectivity index (χ1v) is 10.2. The quantitative estimate of drug-likeness (QED) is 0.818. The van der Waals surface area contributed by atoms with E-state index in [2.05, 4.69) is 21.9 Å². The molecular weight excluding hydrogens is 328 g/mol. The Hall–Kier alpha value is -1.69. The summed E-state index contributed by atoms with van der Waals surface area (Å²) in [7, 11) is 2.10. The highest BCUT2D eigenvalue weighted by Gasteiger charge is 2.30. The van der Waals surface area contributed by atoms with Crippen LogP contribution in [0.4, 0.5) is 0 Å². The highest BCUT2D eigenvalue weighted by atomic mass is 16.2. The summed E-state index contributed by atoms with van der Waals surface area (Å²) in [5.41, 5.74) is 2.29. The van der Waals surface area contributed by atoms with Gasteiger partial charge in [0.1, 0.15) is 0 Å². The summed E-state index contributed by atoms with van der Waals surface area (Å²) in [6.45, 7) is 4.34. The van der Waals surface area contributed by atoms with Gasteiger partial charge in [0.15, 0.2) is 0 Å². The summed E-state index contributed by atoms with van der Waals surface area (Å²) in [5, 5.41) is 4.60. The van der Waals surface area contributed by atoms with Gasteiger partial charge < -0.3 is 9.80 Å². The van der Waals surface area contributed by atoms with E-state index in [0.717, 1.165) is 82.4 Å². The standard InChI is InChI=1S/C20H30N4O2/c1-22-9-3-5-17(14-22)20(26)23-10-7-15(8-11-23)13-24-19(25)12-16-4-2-6-18(16)21-24/h12,15,17H,2-11,13-14H2,1H3. The maximum absolute atomic E-state index is 12.8. The number of piperidine rings is 2. The van der Waals surface area contributed by atoms with Crippen LogP contribution >= 0.6 is 0 Å². The molecule has 1 amide bonds. The minimum Gasteiger partial charge on any atom is -0.342 e. The molecule has 0 radical (unpaired) electrons. The molecule has 3 heterocycles. The fourth-order valence-corrected chi connectivity index (χ4v) is 4.78. The lowest BCUT2D eigenvalue weighted by atomic mass is 9.93. The zero-order valence-electron chi connectivity index (χ0n) is 15.8. The van der Waals surface area contributed by atoms with E-state index in [0.29, 0.717) is 18.4 Å². The number of nitrogens with zero attached hydrogens (tertiary/aromatic N) is 4. The van der Waals surface area contributed by atoms with Crippen molar-refractivity contribution in [2.75, 3.05) is 33.2 Å². The van der Waals surface area contributed by atoms with Gasteiger partial charge >= 0.3 is 0 Å². The number of fused-ring (bicyclic) bond motifs is 1. The Bertz CT molecular complexity index is 721. The Morgan fingerprint density at radius 2 is 1.96 bits per heavy atom. The van der Waals surface area contributed by atoms with E-state index in [-0.39, 0.29) is 11.5 Å². The van der Waals surface area contributed by atoms with Crippen LogP contribution in [0.15, 0.2) is 10.9 Å². The van der Waals surface area contributed by atoms with Crippen molar-refractivity contribution in [2.45, 2.75) is 51.5 Å². The van der Waals surface area contributed by atoms with Gasteiger partial charge in [-0.15, -0.1) is 0 Å². The molecule has 1 aliphatic carbocycles. The molecule has 6 nitrogen and oxygen atoms in total. The van der Waals surface area contributed by atoms with Crippen LogP contribution in [0.25, 0.3) is 0 Å². The van der Waals surface area contributed by atoms with Crippen LogP contribution in [0, 0.1) is 11.8 Å². The SMILES string of the molecule is CN1CCCC(C(=O)N2CCC(Cn3nc4c(cc3=O)CCC4)CC2)C1. The monoisotopic (exact) mass is 358 g/mol. The molecule has 4 rings (SSSR count). The van der Waals surface area contributed by atoms with Gasteiger partial charge in [0.25, 0.3) is 5.56 Å². The topological polar surface area (TPSA) is 58.4 Å². The molecule has 3 aliphatic rings. The van der Waals surface area contributed by atoms with Crippen molar-refractivity contribution >= 4 is 5.91 Å². The number of hydrogen-bond acceptors (Lipinski definition) is 4. The van der Waals surface area contributed by atoms with Crippen LogP contribution in [0.3, 0.4) is 0 Å². The molecule has 6 heteroatoms. The number of carbonyl (C=O) groups excluding carboxylic acids is 1. The number of rotatable bonds is 3. The van der Waals surface area contributed by atoms with Crippen LogP contribution < -0.4 is 5.56 Å². The van der Waals surface area contributed by atoms with Crippen LogP contribution in [0.2, 0.25) is 0 Å². The maximum Gasteiger partial charge on any atom is 0.267 e. The number of carbonyl (C=O) groups is 1. The minimum absolute atomic E-state index is 0.0365. The molecule has 1 unspecified atom stereocenters. The second-order valence-corrected chi connectivity index (χ2v) is 8.36. The van der Waals surface area contributed by atoms with Gasteiger partial charge in [-0.25, -0.2) is 4.68 Å². The van der Waals surface area contributed by atoms with Gasteiger partial charge in [0.05, 0.1) is 11.6 Å². The third-order valence-corrected chi connectivity index (χ3v) is 6.35. The molecule has 0 aromatic carbocycles. The first-order valence-electron chi connectivity index (χ1n) is 10.2. The fourth-order valence-electron chi connectivity index (χ4n) is 4.78. The van der Waals surface area contributed by atoms with Crippen LogP contribution in [0.1, 0.15) is 43.4 Å². The predicted octanol–water partition coefficient (Wildman–Crippen LogP) is 1.31. The summed E-state index contributed by atoms with van der Waals surface area (Å²) < 4.78 is 1.67. The first kappa shape index (κ1) is 17.7. The Morgan fingerprint density at radius 1 is 1.15 bits per heavy atom. The molecule has 26 heavy (non-hydrogen) atoms. The third kappa shape index (κ3) is 3.70. The minimum atomic E-state index is 0.0365. The summed E-state index contributed by atoms with van der Waals surface area (Å²) in [4.78, 5) is 29.4. The predicted molar refractivity (Wildman–Crippen MR) is 100 cm³/mol. The van der Waals surface area contributed by atoms with Crippen molar-refractivity contribution in [3.63, 3.8) is 0 Å². The lowest BCUT2D eigenvalue weighted by Crippen LogP contribution is -2.47. The van der Waals surface area contributed by atoms with Gasteiger partial charge in [-0.05, 0) is 70.0 Å². The molecule has 0 spiro atoms. The maximum atomic E-state index is 12.8. The largest absolute Gasteiger partial charge is 0.342 e. The molecule has 1 atom stereocenters. The van der Waals surface area contributed by atoms with Crippen LogP contribution in [0.5, 0.6) is 0 Å². The lowest BCUT2D eigenvalue weighted by molar-refractivity contribution is -0.138. The van der Waals surface area contributed by atoms with E-state index >= 15 is 0 Å². The number of aryl methyl sites for hydroxylation is 2. The van der Waals surface area contributed by atoms with Crippen molar-refractivity contribution in [2.24, 2.45) is 11.8 Å². The zero-order chi connectivity index (χ0) is 18.1. The average Bonchev–Trinajstić information content (AvgIpc) is 3.09. The summed E-state index contributed by atoms with van der Waals surface area (Å²) in [6.07, 6.45) is 7.20. The van der Waals surface area contributed by atoms with Crippen molar-refractivity contribution in [1.29, 1.82) is 0 Å². The molecular formula is C20H30N4O2. The molecule has 142 valence electrons. The smallest absolute Gasteiger partial charge is 0.267 e. The Labute approximate surface area is 155 Å². The molecule has 0 N–H and O–H groups in total. The number of aromatic nitrogens is 2. The van der Waals surface area contributed by atoms with Gasteiger partial charge in [-0.3, -0.25) is 9.59 Å². The molecule has 2 saturated heterocycles. The van der Waals surface area contributed by atoms with E-state index in [1.54, 1.807) is 10.7 Å². The Morgan fingerprint density at radius 3 is 2.73 bits per heavy atom. The molecule has 1 aromatic rings. The van der Waals surface area contributed by atoms with E-state index < -0.39 is 0 Å². The zero-order valence-corrected chi connectivity index (χ0v) is 15.8. The highest BCUT2D eigenvalue weighted by Crippen LogP contribution is 2.24. The second-order valence-electron chi connectivity index (χ2n) is 8.36. The molecule has 2 aliphatic heterocycles. The van der Waals surface area contributed by atoms with E-state index in [4.69, 9.17) is 0 Å². The second kappa shape index (κ2) is 7.51. The van der Waals surface area contributed by atoms with E-state index in [9.17, 15) is 9.59 Å². The average molecular weight is 358 g/mol. The molecule has 2 fully saturated rings. The highest BCUT2D eigenvalue weighted by molar-refractivity contribution is 5.79. The Kier molecular flexibility index (Phi) is 5.11. The van der Waals surface area contributed by atoms with Gasteiger partial charge in [0, 0.05) is 32.2 Å². The van der Waals surface area contributed by atoms with Gasteiger partial charge in [0.2, 0.25) is 5.91 Å². The molecule has 1 aromatic heterocycles. The van der Waals surface area contributed by atoms with Crippen molar-refractivity contribution in [3.05, 3.63) is 27.7 Å². The summed E-state index contributed by atoms with van der Waals surface area (Å²) >= 11 is 0. The van der Waals surface area contributed by atoms with Crippen molar-refractivity contribution in [1.82, 2.24) is 19.6 Å². The van der Waals surface area contributed by atoms with Gasteiger partial charge in [-0.2, -0.15) is 5.10 Å². The fraction of sp³-hybridized carbons (Fsp3) is 0.750. The van der Waals surface area contributed by atoms with E-state index in [1.165, 1.54) is 0 Å². The number of amides is 1. The Balaban J connectivity index is 1.33. The van der Waals surface area contributed by atoms with E-state index in [1.807, 2.05) is 0 Å². The van der Waals surface area contributed by atoms with Crippen LogP contribution in [-0.2, 0) is 24.2 Å². The first-order chi connectivity index (χ1) is 12.6. The summed E-state index contributed by atoms with van der Waals surface area (Å²) in [5.74, 6) is 0.951. The van der Waals surface area contributed by atoms with Gasteiger partial charge in [-0.1, -0.05) is 0 Å². The number of likely N-dealkylation sites (tertiary alicyclic amines) is 2. The third-order valence-electron chi connectivity index (χ3n) is 6.35. The lowest BCUT2D eigenvalue weighted by Gasteiger charge is -2.37. The number of hydrogen-bond donors (Lipinski definition) is 0. The van der Waals surface area contributed by atoms with Crippen molar-refractivity contribution in [3.8, 4) is 0 Å².